The van der Waals surface area contributed by atoms with Gasteiger partial charge in [-0.1, -0.05) is 12.1 Å². The van der Waals surface area contributed by atoms with Crippen LogP contribution in [0.4, 0.5) is 5.69 Å². The lowest BCUT2D eigenvalue weighted by atomic mass is 9.97. The van der Waals surface area contributed by atoms with Gasteiger partial charge in [0, 0.05) is 18.8 Å². The zero-order valence-electron chi connectivity index (χ0n) is 10.0. The fourth-order valence-corrected chi connectivity index (χ4v) is 2.23. The third kappa shape index (κ3) is 2.45. The molecule has 3 N–H and O–H groups in total. The van der Waals surface area contributed by atoms with Crippen LogP contribution in [0.5, 0.6) is 0 Å². The van der Waals surface area contributed by atoms with Crippen LogP contribution in [0.25, 0.3) is 0 Å². The molecule has 0 bridgehead atoms. The number of anilines is 1. The zero-order valence-corrected chi connectivity index (χ0v) is 10.0. The van der Waals surface area contributed by atoms with Gasteiger partial charge in [0.25, 0.3) is 5.91 Å². The van der Waals surface area contributed by atoms with Crippen LogP contribution in [-0.2, 0) is 4.79 Å². The number of rotatable bonds is 2. The molecule has 2 rings (SSSR count). The number of hydrogen-bond donors (Lipinski definition) is 2. The van der Waals surface area contributed by atoms with Crippen LogP contribution < -0.4 is 5.73 Å². The maximum absolute atomic E-state index is 12.2. The first-order chi connectivity index (χ1) is 8.59. The van der Waals surface area contributed by atoms with Crippen molar-refractivity contribution < 1.29 is 14.7 Å². The Balaban J connectivity index is 2.14. The lowest BCUT2D eigenvalue weighted by Gasteiger charge is -2.31. The maximum atomic E-state index is 12.2. The van der Waals surface area contributed by atoms with Gasteiger partial charge in [0.1, 0.15) is 0 Å². The fraction of sp³-hybridized carbons (Fsp3) is 0.385. The summed E-state index contributed by atoms with van der Waals surface area (Å²) in [7, 11) is 0. The van der Waals surface area contributed by atoms with Gasteiger partial charge in [-0.25, -0.2) is 0 Å². The van der Waals surface area contributed by atoms with E-state index < -0.39 is 11.9 Å². The minimum absolute atomic E-state index is 0.181. The predicted octanol–water partition coefficient (Wildman–Crippen LogP) is 1.21. The summed E-state index contributed by atoms with van der Waals surface area (Å²) in [5.41, 5.74) is 6.64. The number of para-hydroxylation sites is 1. The molecule has 0 unspecified atom stereocenters. The first kappa shape index (κ1) is 12.4. The van der Waals surface area contributed by atoms with Crippen molar-refractivity contribution in [3.63, 3.8) is 0 Å². The molecule has 1 aliphatic rings. The smallest absolute Gasteiger partial charge is 0.308 e. The van der Waals surface area contributed by atoms with Crippen LogP contribution >= 0.6 is 0 Å². The van der Waals surface area contributed by atoms with Gasteiger partial charge >= 0.3 is 5.97 Å². The Bertz CT molecular complexity index is 473. The number of carboxylic acid groups (broad SMARTS) is 1. The number of nitrogen functional groups attached to an aromatic ring is 1. The molecule has 1 amide bonds. The van der Waals surface area contributed by atoms with Gasteiger partial charge in [-0.15, -0.1) is 0 Å². The number of amides is 1. The second kappa shape index (κ2) is 5.08. The van der Waals surface area contributed by atoms with E-state index in [1.807, 2.05) is 0 Å². The van der Waals surface area contributed by atoms with Crippen molar-refractivity contribution in [1.82, 2.24) is 4.90 Å². The quantitative estimate of drug-likeness (QED) is 0.770. The summed E-state index contributed by atoms with van der Waals surface area (Å²) in [6, 6.07) is 6.86. The lowest BCUT2D eigenvalue weighted by Crippen LogP contribution is -2.42. The van der Waals surface area contributed by atoms with E-state index >= 15 is 0 Å². The van der Waals surface area contributed by atoms with Crippen molar-refractivity contribution >= 4 is 17.6 Å². The first-order valence-corrected chi connectivity index (χ1v) is 5.96. The molecule has 1 heterocycles. The molecule has 5 heteroatoms. The van der Waals surface area contributed by atoms with Gasteiger partial charge in [0.05, 0.1) is 11.5 Å². The van der Waals surface area contributed by atoms with Crippen LogP contribution in [0.3, 0.4) is 0 Å². The van der Waals surface area contributed by atoms with Crippen molar-refractivity contribution in [2.75, 3.05) is 18.8 Å². The highest BCUT2D eigenvalue weighted by molar-refractivity contribution is 5.99. The van der Waals surface area contributed by atoms with Crippen LogP contribution in [-0.4, -0.2) is 35.0 Å². The molecule has 0 radical (unpaired) electrons. The lowest BCUT2D eigenvalue weighted by molar-refractivity contribution is -0.143. The summed E-state index contributed by atoms with van der Waals surface area (Å²) >= 11 is 0. The number of aliphatic carboxylic acids is 1. The third-order valence-corrected chi connectivity index (χ3v) is 3.25. The molecule has 1 atom stereocenters. The Kier molecular flexibility index (Phi) is 3.50. The van der Waals surface area contributed by atoms with Crippen LogP contribution in [0.15, 0.2) is 24.3 Å². The number of carbonyl (C=O) groups excluding carboxylic acids is 1. The van der Waals surface area contributed by atoms with E-state index in [0.29, 0.717) is 24.2 Å². The number of carbonyl (C=O) groups is 2. The molecule has 0 spiro atoms. The van der Waals surface area contributed by atoms with Crippen molar-refractivity contribution in [3.05, 3.63) is 29.8 Å². The van der Waals surface area contributed by atoms with E-state index in [9.17, 15) is 9.59 Å². The van der Waals surface area contributed by atoms with Crippen molar-refractivity contribution in [2.45, 2.75) is 12.8 Å². The molecule has 1 aromatic carbocycles. The van der Waals surface area contributed by atoms with E-state index in [2.05, 4.69) is 0 Å². The second-order valence-electron chi connectivity index (χ2n) is 4.52. The highest BCUT2D eigenvalue weighted by Gasteiger charge is 2.29. The molecular formula is C13H16N2O3. The standard InChI is InChI=1S/C13H16N2O3/c14-11-6-2-1-5-10(11)12(16)15-7-3-4-9(8-15)13(17)18/h1-2,5-6,9H,3-4,7-8,14H2,(H,17,18)/t9-/m1/s1. The summed E-state index contributed by atoms with van der Waals surface area (Å²) in [5, 5.41) is 9.00. The summed E-state index contributed by atoms with van der Waals surface area (Å²) in [4.78, 5) is 24.8. The Hall–Kier alpha value is -2.04. The Labute approximate surface area is 105 Å². The number of benzene rings is 1. The molecule has 1 saturated heterocycles. The fourth-order valence-electron chi connectivity index (χ4n) is 2.23. The second-order valence-corrected chi connectivity index (χ2v) is 4.52. The van der Waals surface area contributed by atoms with E-state index in [-0.39, 0.29) is 12.5 Å². The van der Waals surface area contributed by atoms with Crippen LogP contribution in [0.1, 0.15) is 23.2 Å². The SMILES string of the molecule is Nc1ccccc1C(=O)N1CCC[C@@H](C(=O)O)C1. The molecule has 0 aliphatic carbocycles. The first-order valence-electron chi connectivity index (χ1n) is 5.96. The summed E-state index contributed by atoms with van der Waals surface area (Å²) < 4.78 is 0. The van der Waals surface area contributed by atoms with E-state index in [0.717, 1.165) is 6.42 Å². The number of piperidine rings is 1. The van der Waals surface area contributed by atoms with Crippen molar-refractivity contribution in [3.8, 4) is 0 Å². The zero-order chi connectivity index (χ0) is 13.1. The highest BCUT2D eigenvalue weighted by Crippen LogP contribution is 2.20. The number of hydrogen-bond acceptors (Lipinski definition) is 3. The minimum atomic E-state index is -0.839. The monoisotopic (exact) mass is 248 g/mol. The van der Waals surface area contributed by atoms with Gasteiger partial charge in [0.15, 0.2) is 0 Å². The van der Waals surface area contributed by atoms with E-state index in [1.54, 1.807) is 29.2 Å². The summed E-state index contributed by atoms with van der Waals surface area (Å²) in [6.45, 7) is 0.861. The molecule has 0 saturated carbocycles. The van der Waals surface area contributed by atoms with Gasteiger partial charge in [-0.3, -0.25) is 9.59 Å². The highest BCUT2D eigenvalue weighted by atomic mass is 16.4. The number of nitrogens with zero attached hydrogens (tertiary/aromatic N) is 1. The normalized spacial score (nSPS) is 19.6. The molecule has 0 aromatic heterocycles. The molecule has 1 aromatic rings. The Morgan fingerprint density at radius 1 is 1.33 bits per heavy atom. The van der Waals surface area contributed by atoms with Crippen LogP contribution in [0, 0.1) is 5.92 Å². The maximum Gasteiger partial charge on any atom is 0.308 e. The number of carboxylic acids is 1. The van der Waals surface area contributed by atoms with Gasteiger partial charge in [-0.2, -0.15) is 0 Å². The summed E-state index contributed by atoms with van der Waals surface area (Å²) in [5.74, 6) is -1.49. The molecular weight excluding hydrogens is 232 g/mol. The predicted molar refractivity (Wildman–Crippen MR) is 67.1 cm³/mol. The van der Waals surface area contributed by atoms with Crippen molar-refractivity contribution in [1.29, 1.82) is 0 Å². The third-order valence-electron chi connectivity index (χ3n) is 3.25. The van der Waals surface area contributed by atoms with Gasteiger partial charge < -0.3 is 15.7 Å². The molecule has 96 valence electrons. The Morgan fingerprint density at radius 3 is 2.72 bits per heavy atom. The molecule has 5 nitrogen and oxygen atoms in total. The molecule has 1 fully saturated rings. The topological polar surface area (TPSA) is 83.6 Å². The number of nitrogens with two attached hydrogens (primary N) is 1. The Morgan fingerprint density at radius 2 is 2.06 bits per heavy atom. The van der Waals surface area contributed by atoms with Crippen molar-refractivity contribution in [2.24, 2.45) is 5.92 Å². The van der Waals surface area contributed by atoms with E-state index in [4.69, 9.17) is 10.8 Å². The van der Waals surface area contributed by atoms with Gasteiger partial charge in [-0.05, 0) is 25.0 Å². The van der Waals surface area contributed by atoms with E-state index in [1.165, 1.54) is 0 Å². The van der Waals surface area contributed by atoms with Crippen LogP contribution in [0.2, 0.25) is 0 Å². The average Bonchev–Trinajstić information content (AvgIpc) is 2.38. The number of likely N-dealkylation sites (tertiary alicyclic amines) is 1. The molecule has 1 aliphatic heterocycles. The summed E-state index contributed by atoms with van der Waals surface area (Å²) in [6.07, 6.45) is 1.35. The van der Waals surface area contributed by atoms with Gasteiger partial charge in [0.2, 0.25) is 0 Å². The largest absolute Gasteiger partial charge is 0.481 e. The minimum Gasteiger partial charge on any atom is -0.481 e. The average molecular weight is 248 g/mol. The molecule has 18 heavy (non-hydrogen) atoms.